The fourth-order valence-electron chi connectivity index (χ4n) is 3.93. The Morgan fingerprint density at radius 1 is 1.38 bits per heavy atom. The lowest BCUT2D eigenvalue weighted by atomic mass is 10.0. The summed E-state index contributed by atoms with van der Waals surface area (Å²) in [6.07, 6.45) is 7.06. The van der Waals surface area contributed by atoms with Crippen LogP contribution in [0.1, 0.15) is 32.3 Å². The molecule has 4 rings (SSSR count). The molecule has 0 saturated carbocycles. The van der Waals surface area contributed by atoms with E-state index in [2.05, 4.69) is 30.2 Å². The van der Waals surface area contributed by atoms with Gasteiger partial charge in [-0.2, -0.15) is 0 Å². The second kappa shape index (κ2) is 10.3. The molecule has 0 bridgehead atoms. The molecule has 1 aromatic heterocycles. The van der Waals surface area contributed by atoms with Crippen molar-refractivity contribution < 1.29 is 13.9 Å². The Kier molecular flexibility index (Phi) is 7.22. The number of aromatic nitrogens is 1. The van der Waals surface area contributed by atoms with E-state index >= 15 is 0 Å². The summed E-state index contributed by atoms with van der Waals surface area (Å²) in [5, 5.41) is 3.31. The lowest BCUT2D eigenvalue weighted by Gasteiger charge is -2.33. The molecule has 4 heterocycles. The molecular formula is C24H32FN5O2. The number of hydrogen-bond acceptors (Lipinski definition) is 7. The molecule has 1 unspecified atom stereocenters. The fourth-order valence-corrected chi connectivity index (χ4v) is 3.93. The van der Waals surface area contributed by atoms with Gasteiger partial charge in [0.15, 0.2) is 11.7 Å². The van der Waals surface area contributed by atoms with Crippen molar-refractivity contribution in [2.75, 3.05) is 46.4 Å². The van der Waals surface area contributed by atoms with Crippen LogP contribution in [-0.2, 0) is 4.74 Å². The molecule has 0 spiro atoms. The predicted octanol–water partition coefficient (Wildman–Crippen LogP) is 3.33. The molecule has 1 atom stereocenters. The average Bonchev–Trinajstić information content (AvgIpc) is 3.32. The van der Waals surface area contributed by atoms with Crippen LogP contribution in [0.4, 0.5) is 4.39 Å². The van der Waals surface area contributed by atoms with Crippen molar-refractivity contribution in [1.29, 1.82) is 0 Å². The van der Waals surface area contributed by atoms with Gasteiger partial charge in [0.1, 0.15) is 11.9 Å². The number of rotatable bonds is 5. The second-order valence-corrected chi connectivity index (χ2v) is 8.30. The zero-order valence-electron chi connectivity index (χ0n) is 19.1. The van der Waals surface area contributed by atoms with Crippen molar-refractivity contribution in [3.05, 3.63) is 53.4 Å². The predicted molar refractivity (Wildman–Crippen MR) is 124 cm³/mol. The van der Waals surface area contributed by atoms with Crippen molar-refractivity contribution in [1.82, 2.24) is 20.1 Å². The van der Waals surface area contributed by atoms with Gasteiger partial charge in [0, 0.05) is 63.2 Å². The molecule has 7 nitrogen and oxygen atoms in total. The third-order valence-corrected chi connectivity index (χ3v) is 5.90. The maximum atomic E-state index is 14.9. The number of aliphatic imine (C=N–C) groups is 1. The lowest BCUT2D eigenvalue weighted by molar-refractivity contribution is 0.138. The first-order valence-electron chi connectivity index (χ1n) is 11.3. The molecular weight excluding hydrogens is 409 g/mol. The van der Waals surface area contributed by atoms with Gasteiger partial charge in [0.05, 0.1) is 13.2 Å². The Balaban J connectivity index is 1.81. The van der Waals surface area contributed by atoms with E-state index in [0.29, 0.717) is 30.8 Å². The number of piperazine rings is 1. The van der Waals surface area contributed by atoms with Gasteiger partial charge in [-0.15, -0.1) is 0 Å². The highest BCUT2D eigenvalue weighted by Crippen LogP contribution is 2.34. The first-order valence-corrected chi connectivity index (χ1v) is 11.3. The smallest absolute Gasteiger partial charge is 0.221 e. The summed E-state index contributed by atoms with van der Waals surface area (Å²) in [4.78, 5) is 13.1. The number of nitrogens with zero attached hydrogens (tertiary/aromatic N) is 4. The monoisotopic (exact) mass is 441 g/mol. The molecule has 1 aromatic rings. The quantitative estimate of drug-likeness (QED) is 0.756. The number of nitrogens with one attached hydrogen (secondary N) is 1. The Bertz CT molecular complexity index is 943. The van der Waals surface area contributed by atoms with Gasteiger partial charge in [0.25, 0.3) is 0 Å². The van der Waals surface area contributed by atoms with E-state index in [1.807, 2.05) is 24.1 Å². The normalized spacial score (nSPS) is 23.8. The molecule has 0 aliphatic carbocycles. The second-order valence-electron chi connectivity index (χ2n) is 8.30. The SMILES string of the molecule is CCC(C)=C/C(=C1/N=C(N2CCNCC2)C(F)=CN1C)c1cccnc1OC1CCOC1. The van der Waals surface area contributed by atoms with Crippen LogP contribution in [0, 0.1) is 0 Å². The summed E-state index contributed by atoms with van der Waals surface area (Å²) in [5.74, 6) is 1.29. The number of amidine groups is 1. The van der Waals surface area contributed by atoms with Crippen molar-refractivity contribution >= 4 is 11.4 Å². The van der Waals surface area contributed by atoms with E-state index in [9.17, 15) is 4.39 Å². The fraction of sp³-hybridized carbons (Fsp3) is 0.500. The lowest BCUT2D eigenvalue weighted by Crippen LogP contribution is -2.47. The number of pyridine rings is 1. The van der Waals surface area contributed by atoms with Gasteiger partial charge < -0.3 is 24.6 Å². The van der Waals surface area contributed by atoms with Crippen molar-refractivity contribution in [3.8, 4) is 5.88 Å². The first-order chi connectivity index (χ1) is 15.6. The van der Waals surface area contributed by atoms with E-state index < -0.39 is 0 Å². The van der Waals surface area contributed by atoms with Gasteiger partial charge in [0.2, 0.25) is 5.88 Å². The van der Waals surface area contributed by atoms with E-state index in [4.69, 9.17) is 14.5 Å². The van der Waals surface area contributed by atoms with Gasteiger partial charge in [-0.3, -0.25) is 0 Å². The topological polar surface area (TPSA) is 62.2 Å². The van der Waals surface area contributed by atoms with Crippen LogP contribution in [0.25, 0.3) is 5.57 Å². The Hall–Kier alpha value is -2.71. The Morgan fingerprint density at radius 2 is 2.19 bits per heavy atom. The molecule has 0 amide bonds. The maximum Gasteiger partial charge on any atom is 0.221 e. The minimum atomic E-state index is -0.320. The number of halogens is 1. The standard InChI is InChI=1S/C24H32FN5O2/c1-4-17(2)14-20(19-6-5-8-27-24(19)32-18-7-13-31-16-18)22-28-23(21(25)15-29(22)3)30-11-9-26-10-12-30/h5-6,8,14-15,18,26H,4,7,9-13,16H2,1-3H3/b17-14?,22-20+. The van der Waals surface area contributed by atoms with Crippen molar-refractivity contribution in [2.45, 2.75) is 32.8 Å². The summed E-state index contributed by atoms with van der Waals surface area (Å²) in [7, 11) is 1.82. The number of ether oxygens (including phenoxy) is 2. The summed E-state index contributed by atoms with van der Waals surface area (Å²) in [6, 6.07) is 3.88. The molecule has 2 fully saturated rings. The molecule has 32 heavy (non-hydrogen) atoms. The van der Waals surface area contributed by atoms with Crippen molar-refractivity contribution in [2.24, 2.45) is 4.99 Å². The Labute approximate surface area is 189 Å². The van der Waals surface area contributed by atoms with Crippen LogP contribution in [-0.4, -0.2) is 73.2 Å². The van der Waals surface area contributed by atoms with Crippen molar-refractivity contribution in [3.63, 3.8) is 0 Å². The number of allylic oxidation sites excluding steroid dienone is 3. The molecule has 8 heteroatoms. The van der Waals surface area contributed by atoms with Crippen LogP contribution in [0.3, 0.4) is 0 Å². The molecule has 3 aliphatic heterocycles. The largest absolute Gasteiger partial charge is 0.471 e. The maximum absolute atomic E-state index is 14.9. The highest BCUT2D eigenvalue weighted by atomic mass is 19.1. The van der Waals surface area contributed by atoms with Gasteiger partial charge in [-0.25, -0.2) is 14.4 Å². The van der Waals surface area contributed by atoms with Gasteiger partial charge in [-0.1, -0.05) is 18.6 Å². The number of hydrogen-bond donors (Lipinski definition) is 1. The van der Waals surface area contributed by atoms with Crippen LogP contribution in [0.5, 0.6) is 5.88 Å². The summed E-state index contributed by atoms with van der Waals surface area (Å²) in [5.41, 5.74) is 2.90. The molecule has 1 N–H and O–H groups in total. The minimum absolute atomic E-state index is 0.0208. The third-order valence-electron chi connectivity index (χ3n) is 5.90. The molecule has 172 valence electrons. The summed E-state index contributed by atoms with van der Waals surface area (Å²) in [6.45, 7) is 8.52. The molecule has 0 aromatic carbocycles. The van der Waals surface area contributed by atoms with Crippen LogP contribution >= 0.6 is 0 Å². The van der Waals surface area contributed by atoms with E-state index in [0.717, 1.165) is 50.2 Å². The zero-order chi connectivity index (χ0) is 22.5. The van der Waals surface area contributed by atoms with Gasteiger partial charge in [-0.05, 0) is 25.5 Å². The van der Waals surface area contributed by atoms with E-state index in [-0.39, 0.29) is 11.9 Å². The minimum Gasteiger partial charge on any atom is -0.471 e. The van der Waals surface area contributed by atoms with E-state index in [1.54, 1.807) is 11.1 Å². The zero-order valence-corrected chi connectivity index (χ0v) is 19.1. The summed E-state index contributed by atoms with van der Waals surface area (Å²) >= 11 is 0. The van der Waals surface area contributed by atoms with Gasteiger partial charge >= 0.3 is 0 Å². The average molecular weight is 442 g/mol. The highest BCUT2D eigenvalue weighted by Gasteiger charge is 2.27. The Morgan fingerprint density at radius 3 is 2.91 bits per heavy atom. The molecule has 0 radical (unpaired) electrons. The summed E-state index contributed by atoms with van der Waals surface area (Å²) < 4.78 is 26.6. The first kappa shape index (κ1) is 22.5. The van der Waals surface area contributed by atoms with Crippen LogP contribution in [0.2, 0.25) is 0 Å². The third kappa shape index (κ3) is 5.02. The van der Waals surface area contributed by atoms with Crippen LogP contribution in [0.15, 0.2) is 52.8 Å². The van der Waals surface area contributed by atoms with Crippen LogP contribution < -0.4 is 10.1 Å². The highest BCUT2D eigenvalue weighted by molar-refractivity contribution is 5.99. The molecule has 3 aliphatic rings. The molecule has 2 saturated heterocycles. The van der Waals surface area contributed by atoms with E-state index in [1.165, 1.54) is 11.8 Å².